The fourth-order valence-corrected chi connectivity index (χ4v) is 3.10. The van der Waals surface area contributed by atoms with Crippen molar-refractivity contribution in [3.05, 3.63) is 59.7 Å². The minimum Gasteiger partial charge on any atom is -0.497 e. The highest BCUT2D eigenvalue weighted by molar-refractivity contribution is 7.98. The van der Waals surface area contributed by atoms with Crippen LogP contribution in [0.15, 0.2) is 48.5 Å². The Morgan fingerprint density at radius 1 is 1.17 bits per heavy atom. The summed E-state index contributed by atoms with van der Waals surface area (Å²) in [6.07, 6.45) is 0. The second-order valence-electron chi connectivity index (χ2n) is 5.10. The van der Waals surface area contributed by atoms with Gasteiger partial charge in [0.15, 0.2) is 5.11 Å². The van der Waals surface area contributed by atoms with Crippen LogP contribution in [0.2, 0.25) is 0 Å². The van der Waals surface area contributed by atoms with Crippen LogP contribution in [-0.4, -0.2) is 24.5 Å². The molecule has 0 aliphatic heterocycles. The predicted octanol–water partition coefficient (Wildman–Crippen LogP) is 4.22. The lowest BCUT2D eigenvalue weighted by Crippen LogP contribution is -2.30. The van der Waals surface area contributed by atoms with Gasteiger partial charge >= 0.3 is 0 Å². The first-order chi connectivity index (χ1) is 11.2. The highest BCUT2D eigenvalue weighted by Gasteiger charge is 2.02. The maximum atomic E-state index is 5.34. The monoisotopic (exact) mass is 346 g/mol. The molecule has 23 heavy (non-hydrogen) atoms. The van der Waals surface area contributed by atoms with Gasteiger partial charge in [-0.15, -0.1) is 0 Å². The Labute approximate surface area is 147 Å². The number of anilines is 1. The van der Waals surface area contributed by atoms with Crippen molar-refractivity contribution in [2.75, 3.05) is 24.7 Å². The molecule has 0 aliphatic carbocycles. The van der Waals surface area contributed by atoms with Gasteiger partial charge in [-0.25, -0.2) is 0 Å². The van der Waals surface area contributed by atoms with Crippen LogP contribution in [0, 0.1) is 6.92 Å². The summed E-state index contributed by atoms with van der Waals surface area (Å²) in [6.45, 7) is 2.88. The average Bonchev–Trinajstić information content (AvgIpc) is 2.57. The summed E-state index contributed by atoms with van der Waals surface area (Å²) in [4.78, 5) is 0. The summed E-state index contributed by atoms with van der Waals surface area (Å²) < 4.78 is 5.20. The van der Waals surface area contributed by atoms with Crippen LogP contribution < -0.4 is 15.4 Å². The van der Waals surface area contributed by atoms with Crippen LogP contribution in [-0.2, 0) is 5.75 Å². The van der Waals surface area contributed by atoms with Gasteiger partial charge < -0.3 is 15.4 Å². The summed E-state index contributed by atoms with van der Waals surface area (Å²) in [5.41, 5.74) is 3.46. The van der Waals surface area contributed by atoms with Gasteiger partial charge in [0.2, 0.25) is 0 Å². The van der Waals surface area contributed by atoms with E-state index in [0.29, 0.717) is 5.11 Å². The van der Waals surface area contributed by atoms with Crippen LogP contribution in [0.5, 0.6) is 5.75 Å². The first-order valence-electron chi connectivity index (χ1n) is 7.50. The largest absolute Gasteiger partial charge is 0.497 e. The summed E-state index contributed by atoms with van der Waals surface area (Å²) in [5.74, 6) is 2.89. The normalized spacial score (nSPS) is 10.2. The summed E-state index contributed by atoms with van der Waals surface area (Å²) >= 11 is 7.23. The van der Waals surface area contributed by atoms with Crippen LogP contribution in [0.1, 0.15) is 11.1 Å². The van der Waals surface area contributed by atoms with Gasteiger partial charge in [0.05, 0.1) is 7.11 Å². The van der Waals surface area contributed by atoms with Crippen molar-refractivity contribution >= 4 is 34.8 Å². The second kappa shape index (κ2) is 9.43. The molecule has 0 fully saturated rings. The molecule has 0 amide bonds. The number of ether oxygens (including phenoxy) is 1. The number of benzene rings is 2. The van der Waals surface area contributed by atoms with E-state index in [1.54, 1.807) is 7.11 Å². The first kappa shape index (κ1) is 17.6. The predicted molar refractivity (Wildman–Crippen MR) is 105 cm³/mol. The van der Waals surface area contributed by atoms with Gasteiger partial charge in [0.1, 0.15) is 5.75 Å². The topological polar surface area (TPSA) is 33.3 Å². The first-order valence-corrected chi connectivity index (χ1v) is 9.06. The van der Waals surface area contributed by atoms with Gasteiger partial charge in [0, 0.05) is 23.7 Å². The molecule has 0 radical (unpaired) electrons. The number of aryl methyl sites for hydroxylation is 1. The van der Waals surface area contributed by atoms with E-state index in [1.165, 1.54) is 5.56 Å². The fraction of sp³-hybridized carbons (Fsp3) is 0.278. The van der Waals surface area contributed by atoms with Gasteiger partial charge in [-0.2, -0.15) is 11.8 Å². The van der Waals surface area contributed by atoms with E-state index >= 15 is 0 Å². The summed E-state index contributed by atoms with van der Waals surface area (Å²) in [5, 5.41) is 7.12. The molecular formula is C18H22N2OS2. The number of thioether (sulfide) groups is 1. The van der Waals surface area contributed by atoms with Crippen LogP contribution in [0.3, 0.4) is 0 Å². The molecule has 2 rings (SSSR count). The van der Waals surface area contributed by atoms with Crippen molar-refractivity contribution in [3.8, 4) is 5.75 Å². The van der Waals surface area contributed by atoms with Gasteiger partial charge in [-0.1, -0.05) is 30.3 Å². The van der Waals surface area contributed by atoms with Crippen molar-refractivity contribution in [1.82, 2.24) is 5.32 Å². The van der Waals surface area contributed by atoms with E-state index in [2.05, 4.69) is 34.9 Å². The molecule has 0 saturated heterocycles. The molecule has 0 bridgehead atoms. The third kappa shape index (κ3) is 6.12. The second-order valence-corrected chi connectivity index (χ2v) is 6.61. The Balaban J connectivity index is 1.67. The minimum absolute atomic E-state index is 0.651. The molecule has 0 heterocycles. The molecule has 2 aromatic carbocycles. The number of nitrogens with one attached hydrogen (secondary N) is 2. The van der Waals surface area contributed by atoms with Crippen molar-refractivity contribution in [2.45, 2.75) is 12.7 Å². The third-order valence-corrected chi connectivity index (χ3v) is 4.60. The van der Waals surface area contributed by atoms with Crippen LogP contribution >= 0.6 is 24.0 Å². The van der Waals surface area contributed by atoms with Gasteiger partial charge in [-0.05, 0) is 48.5 Å². The Kier molecular flexibility index (Phi) is 7.23. The standard InChI is InChI=1S/C18H22N2OS2/c1-14-12-16(21-2)8-9-17(14)20-18(22)19-10-11-23-13-15-6-4-3-5-7-15/h3-9,12H,10-11,13H2,1-2H3,(H2,19,20,22). The van der Waals surface area contributed by atoms with Crippen molar-refractivity contribution < 1.29 is 4.74 Å². The zero-order valence-corrected chi connectivity index (χ0v) is 15.1. The lowest BCUT2D eigenvalue weighted by atomic mass is 10.2. The number of methoxy groups -OCH3 is 1. The number of thiocarbonyl (C=S) groups is 1. The molecule has 3 nitrogen and oxygen atoms in total. The summed E-state index contributed by atoms with van der Waals surface area (Å²) in [6, 6.07) is 16.4. The average molecular weight is 347 g/mol. The highest BCUT2D eigenvalue weighted by atomic mass is 32.2. The highest BCUT2D eigenvalue weighted by Crippen LogP contribution is 2.20. The SMILES string of the molecule is COc1ccc(NC(=S)NCCSCc2ccccc2)c(C)c1. The number of rotatable bonds is 7. The Bertz CT molecular complexity index is 632. The lowest BCUT2D eigenvalue weighted by molar-refractivity contribution is 0.414. The molecule has 0 spiro atoms. The van der Waals surface area contributed by atoms with Crippen LogP contribution in [0.25, 0.3) is 0 Å². The molecule has 0 aliphatic rings. The van der Waals surface area contributed by atoms with E-state index in [4.69, 9.17) is 17.0 Å². The van der Waals surface area contributed by atoms with Crippen molar-refractivity contribution in [1.29, 1.82) is 0 Å². The van der Waals surface area contributed by atoms with E-state index < -0.39 is 0 Å². The smallest absolute Gasteiger partial charge is 0.170 e. The lowest BCUT2D eigenvalue weighted by Gasteiger charge is -2.13. The maximum Gasteiger partial charge on any atom is 0.170 e. The van der Waals surface area contributed by atoms with Crippen molar-refractivity contribution in [3.63, 3.8) is 0 Å². The quantitative estimate of drug-likeness (QED) is 0.579. The Hall–Kier alpha value is -1.72. The Morgan fingerprint density at radius 3 is 2.65 bits per heavy atom. The number of hydrogen-bond donors (Lipinski definition) is 2. The minimum atomic E-state index is 0.651. The fourth-order valence-electron chi connectivity index (χ4n) is 2.07. The molecule has 122 valence electrons. The maximum absolute atomic E-state index is 5.34. The van der Waals surface area contributed by atoms with Gasteiger partial charge in [-0.3, -0.25) is 0 Å². The molecule has 2 aromatic rings. The molecule has 0 aromatic heterocycles. The third-order valence-electron chi connectivity index (χ3n) is 3.33. The van der Waals surface area contributed by atoms with E-state index in [-0.39, 0.29) is 0 Å². The van der Waals surface area contributed by atoms with E-state index in [1.807, 2.05) is 43.0 Å². The molecular weight excluding hydrogens is 324 g/mol. The molecule has 5 heteroatoms. The summed E-state index contributed by atoms with van der Waals surface area (Å²) in [7, 11) is 1.67. The molecule has 2 N–H and O–H groups in total. The van der Waals surface area contributed by atoms with Crippen LogP contribution in [0.4, 0.5) is 5.69 Å². The number of hydrogen-bond acceptors (Lipinski definition) is 3. The Morgan fingerprint density at radius 2 is 1.96 bits per heavy atom. The molecule has 0 unspecified atom stereocenters. The van der Waals surface area contributed by atoms with Crippen molar-refractivity contribution in [2.24, 2.45) is 0 Å². The molecule has 0 saturated carbocycles. The zero-order chi connectivity index (χ0) is 16.5. The van der Waals surface area contributed by atoms with E-state index in [9.17, 15) is 0 Å². The van der Waals surface area contributed by atoms with Gasteiger partial charge in [0.25, 0.3) is 0 Å². The van der Waals surface area contributed by atoms with E-state index in [0.717, 1.165) is 35.1 Å². The molecule has 0 atom stereocenters. The zero-order valence-electron chi connectivity index (χ0n) is 13.5.